The second-order valence-corrected chi connectivity index (χ2v) is 5.34. The van der Waals surface area contributed by atoms with Gasteiger partial charge in [-0.2, -0.15) is 0 Å². The Kier molecular flexibility index (Phi) is 2.97. The Morgan fingerprint density at radius 3 is 2.90 bits per heavy atom. The highest BCUT2D eigenvalue weighted by Gasteiger charge is 2.32. The predicted octanol–water partition coefficient (Wildman–Crippen LogP) is 1.97. The molecule has 1 aliphatic heterocycles. The summed E-state index contributed by atoms with van der Waals surface area (Å²) in [5.74, 6) is 0.619. The van der Waals surface area contributed by atoms with Gasteiger partial charge < -0.3 is 11.1 Å². The topological polar surface area (TPSA) is 83.8 Å². The molecule has 0 saturated heterocycles. The van der Waals surface area contributed by atoms with Gasteiger partial charge in [-0.05, 0) is 24.0 Å². The molecule has 1 unspecified atom stereocenters. The van der Waals surface area contributed by atoms with Crippen molar-refractivity contribution in [2.75, 3.05) is 17.6 Å². The Balaban J connectivity index is 2.03. The number of aromatic amines is 1. The van der Waals surface area contributed by atoms with Crippen molar-refractivity contribution in [1.82, 2.24) is 9.97 Å². The number of nitrogens with one attached hydrogen (secondary N) is 2. The maximum Gasteiger partial charge on any atom is 0.275 e. The number of nitrogens with zero attached hydrogens (tertiary/aromatic N) is 1. The molecule has 5 heteroatoms. The predicted molar refractivity (Wildman–Crippen MR) is 80.1 cm³/mol. The SMILES string of the molecule is Cc1ccccc1[C@H](C)C1CNc2c1nc(N)[nH]c2=O. The maximum atomic E-state index is 11.9. The molecule has 0 spiro atoms. The molecule has 2 heterocycles. The first-order chi connectivity index (χ1) is 9.58. The normalized spacial score (nSPS) is 18.4. The molecule has 1 aromatic heterocycles. The van der Waals surface area contributed by atoms with Gasteiger partial charge in [0.15, 0.2) is 0 Å². The van der Waals surface area contributed by atoms with Crippen LogP contribution in [0, 0.1) is 6.92 Å². The number of nitrogens with two attached hydrogens (primary N) is 1. The van der Waals surface area contributed by atoms with E-state index in [0.717, 1.165) is 5.69 Å². The van der Waals surface area contributed by atoms with Gasteiger partial charge in [0.25, 0.3) is 5.56 Å². The molecule has 0 bridgehead atoms. The number of anilines is 2. The van der Waals surface area contributed by atoms with Crippen molar-refractivity contribution in [3.8, 4) is 0 Å². The number of rotatable bonds is 2. The van der Waals surface area contributed by atoms with Gasteiger partial charge in [0.1, 0.15) is 5.69 Å². The fraction of sp³-hybridized carbons (Fsp3) is 0.333. The van der Waals surface area contributed by atoms with E-state index in [4.69, 9.17) is 5.73 Å². The van der Waals surface area contributed by atoms with Crippen molar-refractivity contribution in [3.05, 3.63) is 51.4 Å². The molecule has 3 rings (SSSR count). The highest BCUT2D eigenvalue weighted by atomic mass is 16.1. The molecule has 2 atom stereocenters. The standard InChI is InChI=1S/C15H18N4O/c1-8-5-3-4-6-10(8)9(2)11-7-17-13-12(11)18-15(16)19-14(13)20/h3-6,9,11,17H,7H2,1-2H3,(H3,16,18,19,20)/t9-,11?/m0/s1. The molecule has 0 fully saturated rings. The summed E-state index contributed by atoms with van der Waals surface area (Å²) in [5, 5.41) is 3.15. The molecular formula is C15H18N4O. The summed E-state index contributed by atoms with van der Waals surface area (Å²) in [6.45, 7) is 4.99. The van der Waals surface area contributed by atoms with Crippen molar-refractivity contribution < 1.29 is 0 Å². The van der Waals surface area contributed by atoms with Gasteiger partial charge in [-0.25, -0.2) is 4.98 Å². The average Bonchev–Trinajstić information content (AvgIpc) is 2.82. The Hall–Kier alpha value is -2.30. The number of hydrogen-bond donors (Lipinski definition) is 3. The van der Waals surface area contributed by atoms with Crippen molar-refractivity contribution >= 4 is 11.6 Å². The lowest BCUT2D eigenvalue weighted by Gasteiger charge is -2.20. The van der Waals surface area contributed by atoms with Crippen molar-refractivity contribution in [3.63, 3.8) is 0 Å². The molecule has 20 heavy (non-hydrogen) atoms. The molecule has 4 N–H and O–H groups in total. The van der Waals surface area contributed by atoms with Crippen LogP contribution in [0.15, 0.2) is 29.1 Å². The van der Waals surface area contributed by atoms with Crippen molar-refractivity contribution in [2.45, 2.75) is 25.7 Å². The second kappa shape index (κ2) is 4.67. The lowest BCUT2D eigenvalue weighted by atomic mass is 9.84. The first-order valence-electron chi connectivity index (χ1n) is 6.77. The van der Waals surface area contributed by atoms with E-state index in [-0.39, 0.29) is 23.3 Å². The van der Waals surface area contributed by atoms with Crippen LogP contribution in [-0.2, 0) is 0 Å². The van der Waals surface area contributed by atoms with Gasteiger partial charge in [0.2, 0.25) is 5.95 Å². The largest absolute Gasteiger partial charge is 0.378 e. The summed E-state index contributed by atoms with van der Waals surface area (Å²) in [4.78, 5) is 18.7. The molecule has 0 radical (unpaired) electrons. The first-order valence-corrected chi connectivity index (χ1v) is 6.77. The third kappa shape index (κ3) is 1.95. The Bertz CT molecular complexity index is 707. The smallest absolute Gasteiger partial charge is 0.275 e. The third-order valence-corrected chi connectivity index (χ3v) is 4.10. The van der Waals surface area contributed by atoms with Gasteiger partial charge in [0, 0.05) is 12.5 Å². The van der Waals surface area contributed by atoms with Crippen LogP contribution in [-0.4, -0.2) is 16.5 Å². The Morgan fingerprint density at radius 1 is 1.40 bits per heavy atom. The summed E-state index contributed by atoms with van der Waals surface area (Å²) in [7, 11) is 0. The monoisotopic (exact) mass is 270 g/mol. The van der Waals surface area contributed by atoms with Crippen LogP contribution in [0.3, 0.4) is 0 Å². The quantitative estimate of drug-likeness (QED) is 0.779. The Labute approximate surface area is 117 Å². The van der Waals surface area contributed by atoms with Crippen LogP contribution in [0.25, 0.3) is 0 Å². The van der Waals surface area contributed by atoms with E-state index in [9.17, 15) is 4.79 Å². The number of benzene rings is 1. The van der Waals surface area contributed by atoms with Crippen molar-refractivity contribution in [2.24, 2.45) is 0 Å². The number of fused-ring (bicyclic) bond motifs is 1. The zero-order valence-electron chi connectivity index (χ0n) is 11.6. The van der Waals surface area contributed by atoms with Gasteiger partial charge in [-0.1, -0.05) is 31.2 Å². The molecule has 1 aliphatic rings. The highest BCUT2D eigenvalue weighted by molar-refractivity contribution is 5.55. The van der Waals surface area contributed by atoms with Crippen LogP contribution in [0.2, 0.25) is 0 Å². The van der Waals surface area contributed by atoms with E-state index in [1.807, 2.05) is 12.1 Å². The minimum absolute atomic E-state index is 0.163. The van der Waals surface area contributed by atoms with Crippen molar-refractivity contribution in [1.29, 1.82) is 0 Å². The zero-order chi connectivity index (χ0) is 14.3. The first kappa shape index (κ1) is 12.7. The van der Waals surface area contributed by atoms with E-state index in [0.29, 0.717) is 12.2 Å². The molecule has 104 valence electrons. The fourth-order valence-corrected chi connectivity index (χ4v) is 2.98. The summed E-state index contributed by atoms with van der Waals surface area (Å²) in [5.41, 5.74) is 9.36. The zero-order valence-corrected chi connectivity index (χ0v) is 11.6. The van der Waals surface area contributed by atoms with Crippen LogP contribution in [0.5, 0.6) is 0 Å². The number of nitrogen functional groups attached to an aromatic ring is 1. The number of aryl methyl sites for hydroxylation is 1. The average molecular weight is 270 g/mol. The van der Waals surface area contributed by atoms with E-state index < -0.39 is 0 Å². The van der Waals surface area contributed by atoms with E-state index >= 15 is 0 Å². The molecule has 0 aliphatic carbocycles. The van der Waals surface area contributed by atoms with E-state index in [1.54, 1.807) is 0 Å². The summed E-state index contributed by atoms with van der Waals surface area (Å²) < 4.78 is 0. The summed E-state index contributed by atoms with van der Waals surface area (Å²) in [6.07, 6.45) is 0. The minimum atomic E-state index is -0.188. The summed E-state index contributed by atoms with van der Waals surface area (Å²) >= 11 is 0. The second-order valence-electron chi connectivity index (χ2n) is 5.34. The van der Waals surface area contributed by atoms with Crippen LogP contribution >= 0.6 is 0 Å². The van der Waals surface area contributed by atoms with Gasteiger partial charge in [-0.3, -0.25) is 9.78 Å². The van der Waals surface area contributed by atoms with Crippen LogP contribution in [0.1, 0.15) is 35.6 Å². The Morgan fingerprint density at radius 2 is 2.15 bits per heavy atom. The minimum Gasteiger partial charge on any atom is -0.378 e. The molecule has 5 nitrogen and oxygen atoms in total. The molecule has 1 aromatic carbocycles. The van der Waals surface area contributed by atoms with E-state index in [1.165, 1.54) is 11.1 Å². The van der Waals surface area contributed by atoms with E-state index in [2.05, 4.69) is 41.3 Å². The number of hydrogen-bond acceptors (Lipinski definition) is 4. The maximum absolute atomic E-state index is 11.9. The van der Waals surface area contributed by atoms with Gasteiger partial charge in [0.05, 0.1) is 5.69 Å². The molecule has 0 amide bonds. The summed E-state index contributed by atoms with van der Waals surface area (Å²) in [6, 6.07) is 8.32. The fourth-order valence-electron chi connectivity index (χ4n) is 2.98. The highest BCUT2D eigenvalue weighted by Crippen LogP contribution is 2.39. The lowest BCUT2D eigenvalue weighted by molar-refractivity contribution is 0.604. The number of aromatic nitrogens is 2. The molecule has 0 saturated carbocycles. The van der Waals surface area contributed by atoms with Gasteiger partial charge >= 0.3 is 0 Å². The van der Waals surface area contributed by atoms with Gasteiger partial charge in [-0.15, -0.1) is 0 Å². The third-order valence-electron chi connectivity index (χ3n) is 4.10. The molecular weight excluding hydrogens is 252 g/mol. The lowest BCUT2D eigenvalue weighted by Crippen LogP contribution is -2.15. The molecule has 2 aromatic rings. The van der Waals surface area contributed by atoms with Crippen LogP contribution in [0.4, 0.5) is 11.6 Å². The van der Waals surface area contributed by atoms with Crippen LogP contribution < -0.4 is 16.6 Å². The number of H-pyrrole nitrogens is 1.